The SMILES string of the molecule is O=C(O)Cn1cc(NC(=O)N2CCCC(CO)C2)cn1. The second-order valence-electron chi connectivity index (χ2n) is 4.89. The van der Waals surface area contributed by atoms with E-state index in [1.807, 2.05) is 0 Å². The van der Waals surface area contributed by atoms with Gasteiger partial charge in [-0.2, -0.15) is 5.10 Å². The molecule has 0 spiro atoms. The van der Waals surface area contributed by atoms with Gasteiger partial charge in [0.25, 0.3) is 0 Å². The Kier molecular flexibility index (Phi) is 4.57. The Hall–Kier alpha value is -2.09. The molecule has 1 unspecified atom stereocenters. The molecular formula is C12H18N4O4. The first-order chi connectivity index (χ1) is 9.58. The number of carbonyl (C=O) groups is 2. The van der Waals surface area contributed by atoms with Crippen LogP contribution in [-0.2, 0) is 11.3 Å². The normalized spacial score (nSPS) is 18.9. The number of carboxylic acid groups (broad SMARTS) is 1. The number of hydrogen-bond donors (Lipinski definition) is 3. The number of piperidine rings is 1. The number of anilines is 1. The molecule has 2 heterocycles. The Bertz CT molecular complexity index is 488. The third kappa shape index (κ3) is 3.70. The summed E-state index contributed by atoms with van der Waals surface area (Å²) in [7, 11) is 0. The molecule has 0 aliphatic carbocycles. The van der Waals surface area contributed by atoms with Crippen LogP contribution in [0, 0.1) is 5.92 Å². The van der Waals surface area contributed by atoms with E-state index in [-0.39, 0.29) is 25.1 Å². The number of urea groups is 1. The van der Waals surface area contributed by atoms with Crippen molar-refractivity contribution in [1.29, 1.82) is 0 Å². The van der Waals surface area contributed by atoms with Crippen molar-refractivity contribution in [2.24, 2.45) is 5.92 Å². The van der Waals surface area contributed by atoms with E-state index in [4.69, 9.17) is 10.2 Å². The lowest BCUT2D eigenvalue weighted by Crippen LogP contribution is -2.43. The van der Waals surface area contributed by atoms with Gasteiger partial charge in [0, 0.05) is 25.9 Å². The van der Waals surface area contributed by atoms with Crippen molar-refractivity contribution in [3.8, 4) is 0 Å². The number of hydrogen-bond acceptors (Lipinski definition) is 4. The summed E-state index contributed by atoms with van der Waals surface area (Å²) in [6, 6.07) is -0.252. The molecule has 1 aliphatic heterocycles. The van der Waals surface area contributed by atoms with Crippen LogP contribution in [0.2, 0.25) is 0 Å². The van der Waals surface area contributed by atoms with Gasteiger partial charge in [-0.25, -0.2) is 4.79 Å². The van der Waals surface area contributed by atoms with Gasteiger partial charge in [-0.15, -0.1) is 0 Å². The molecule has 1 fully saturated rings. The number of carbonyl (C=O) groups excluding carboxylic acids is 1. The summed E-state index contributed by atoms with van der Waals surface area (Å²) >= 11 is 0. The summed E-state index contributed by atoms with van der Waals surface area (Å²) in [4.78, 5) is 24.2. The van der Waals surface area contributed by atoms with E-state index in [1.54, 1.807) is 4.90 Å². The summed E-state index contributed by atoms with van der Waals surface area (Å²) in [6.07, 6.45) is 4.68. The van der Waals surface area contributed by atoms with Crippen molar-refractivity contribution in [2.45, 2.75) is 19.4 Å². The molecule has 1 aromatic heterocycles. The Morgan fingerprint density at radius 2 is 2.30 bits per heavy atom. The Balaban J connectivity index is 1.90. The Morgan fingerprint density at radius 1 is 1.50 bits per heavy atom. The van der Waals surface area contributed by atoms with Crippen molar-refractivity contribution >= 4 is 17.7 Å². The van der Waals surface area contributed by atoms with Crippen LogP contribution in [-0.4, -0.2) is 56.6 Å². The van der Waals surface area contributed by atoms with Crippen LogP contribution < -0.4 is 5.32 Å². The zero-order chi connectivity index (χ0) is 14.5. The highest BCUT2D eigenvalue weighted by atomic mass is 16.4. The minimum absolute atomic E-state index is 0.0837. The maximum atomic E-state index is 12.0. The Labute approximate surface area is 116 Å². The lowest BCUT2D eigenvalue weighted by Gasteiger charge is -2.31. The van der Waals surface area contributed by atoms with Crippen LogP contribution >= 0.6 is 0 Å². The molecule has 0 radical (unpaired) electrons. The number of nitrogens with zero attached hydrogens (tertiary/aromatic N) is 3. The van der Waals surface area contributed by atoms with E-state index in [0.717, 1.165) is 12.8 Å². The lowest BCUT2D eigenvalue weighted by atomic mass is 9.99. The quantitative estimate of drug-likeness (QED) is 0.731. The highest BCUT2D eigenvalue weighted by Crippen LogP contribution is 2.17. The fraction of sp³-hybridized carbons (Fsp3) is 0.583. The Morgan fingerprint density at radius 3 is 3.00 bits per heavy atom. The highest BCUT2D eigenvalue weighted by Gasteiger charge is 2.23. The first-order valence-corrected chi connectivity index (χ1v) is 6.49. The zero-order valence-corrected chi connectivity index (χ0v) is 11.0. The smallest absolute Gasteiger partial charge is 0.325 e. The number of aromatic nitrogens is 2. The van der Waals surface area contributed by atoms with Crippen molar-refractivity contribution in [1.82, 2.24) is 14.7 Å². The molecule has 0 saturated carbocycles. The molecule has 1 aromatic rings. The van der Waals surface area contributed by atoms with E-state index in [9.17, 15) is 9.59 Å². The van der Waals surface area contributed by atoms with E-state index in [1.165, 1.54) is 17.1 Å². The number of likely N-dealkylation sites (tertiary alicyclic amines) is 1. The maximum Gasteiger partial charge on any atom is 0.325 e. The highest BCUT2D eigenvalue weighted by molar-refractivity contribution is 5.89. The van der Waals surface area contributed by atoms with Crippen molar-refractivity contribution in [3.05, 3.63) is 12.4 Å². The average molecular weight is 282 g/mol. The van der Waals surface area contributed by atoms with Gasteiger partial charge >= 0.3 is 12.0 Å². The third-order valence-electron chi connectivity index (χ3n) is 3.25. The number of aliphatic carboxylic acids is 1. The minimum Gasteiger partial charge on any atom is -0.480 e. The van der Waals surface area contributed by atoms with E-state index < -0.39 is 5.97 Å². The maximum absolute atomic E-state index is 12.0. The number of carboxylic acids is 1. The number of nitrogens with one attached hydrogen (secondary N) is 1. The molecule has 20 heavy (non-hydrogen) atoms. The summed E-state index contributed by atoms with van der Waals surface area (Å²) < 4.78 is 1.24. The molecule has 1 aliphatic rings. The standard InChI is InChI=1S/C12H18N4O4/c17-8-9-2-1-3-15(5-9)12(20)14-10-4-13-16(6-10)7-11(18)19/h4,6,9,17H,1-3,5,7-8H2,(H,14,20)(H,18,19). The van der Waals surface area contributed by atoms with Crippen molar-refractivity contribution in [2.75, 3.05) is 25.0 Å². The second kappa shape index (κ2) is 6.38. The van der Waals surface area contributed by atoms with E-state index >= 15 is 0 Å². The number of aliphatic hydroxyl groups is 1. The number of amides is 2. The fourth-order valence-electron chi connectivity index (χ4n) is 2.25. The molecule has 1 atom stereocenters. The molecule has 0 bridgehead atoms. The molecule has 1 saturated heterocycles. The number of aliphatic hydroxyl groups excluding tert-OH is 1. The summed E-state index contributed by atoms with van der Waals surface area (Å²) in [5.41, 5.74) is 0.461. The van der Waals surface area contributed by atoms with Crippen LogP contribution in [0.25, 0.3) is 0 Å². The van der Waals surface area contributed by atoms with Gasteiger partial charge in [-0.3, -0.25) is 9.48 Å². The van der Waals surface area contributed by atoms with Crippen LogP contribution in [0.15, 0.2) is 12.4 Å². The summed E-state index contributed by atoms with van der Waals surface area (Å²) in [5.74, 6) is -0.864. The van der Waals surface area contributed by atoms with Crippen LogP contribution in [0.4, 0.5) is 10.5 Å². The molecule has 8 heteroatoms. The van der Waals surface area contributed by atoms with Gasteiger partial charge in [-0.1, -0.05) is 0 Å². The minimum atomic E-state index is -0.993. The van der Waals surface area contributed by atoms with Crippen molar-refractivity contribution in [3.63, 3.8) is 0 Å². The largest absolute Gasteiger partial charge is 0.480 e. The van der Waals surface area contributed by atoms with Crippen LogP contribution in [0.3, 0.4) is 0 Å². The van der Waals surface area contributed by atoms with E-state index in [0.29, 0.717) is 18.8 Å². The van der Waals surface area contributed by atoms with Gasteiger partial charge in [-0.05, 0) is 18.8 Å². The summed E-state index contributed by atoms with van der Waals surface area (Å²) in [5, 5.41) is 24.3. The first kappa shape index (κ1) is 14.3. The second-order valence-corrected chi connectivity index (χ2v) is 4.89. The van der Waals surface area contributed by atoms with Gasteiger partial charge < -0.3 is 20.4 Å². The predicted molar refractivity (Wildman–Crippen MR) is 70.3 cm³/mol. The summed E-state index contributed by atoms with van der Waals surface area (Å²) in [6.45, 7) is 1.03. The average Bonchev–Trinajstić information content (AvgIpc) is 2.85. The number of rotatable bonds is 4. The topological polar surface area (TPSA) is 108 Å². The van der Waals surface area contributed by atoms with Crippen LogP contribution in [0.1, 0.15) is 12.8 Å². The van der Waals surface area contributed by atoms with Gasteiger partial charge in [0.1, 0.15) is 6.54 Å². The molecule has 8 nitrogen and oxygen atoms in total. The van der Waals surface area contributed by atoms with Gasteiger partial charge in [0.2, 0.25) is 0 Å². The molecule has 0 aromatic carbocycles. The van der Waals surface area contributed by atoms with Gasteiger partial charge in [0.15, 0.2) is 0 Å². The third-order valence-corrected chi connectivity index (χ3v) is 3.25. The predicted octanol–water partition coefficient (Wildman–Crippen LogP) is 0.204. The molecule has 2 rings (SSSR count). The monoisotopic (exact) mass is 282 g/mol. The molecule has 3 N–H and O–H groups in total. The fourth-order valence-corrected chi connectivity index (χ4v) is 2.25. The molecular weight excluding hydrogens is 264 g/mol. The zero-order valence-electron chi connectivity index (χ0n) is 11.0. The lowest BCUT2D eigenvalue weighted by molar-refractivity contribution is -0.137. The molecule has 110 valence electrons. The van der Waals surface area contributed by atoms with E-state index in [2.05, 4.69) is 10.4 Å². The van der Waals surface area contributed by atoms with Crippen molar-refractivity contribution < 1.29 is 19.8 Å². The molecule has 2 amide bonds. The van der Waals surface area contributed by atoms with Gasteiger partial charge in [0.05, 0.1) is 11.9 Å². The van der Waals surface area contributed by atoms with Crippen LogP contribution in [0.5, 0.6) is 0 Å². The first-order valence-electron chi connectivity index (χ1n) is 6.49.